The third kappa shape index (κ3) is 4.37. The standard InChI is InChI=1S/C16H15ClN4OS2/c1-10(11-4-6-12(17)7-5-11)18-14(22)9-24-16-19-15(20-21-16)13-3-2-8-23-13/h2-8,10H,9H2,1H3,(H,18,22)(H,19,20,21)/t10-/m1/s1. The zero-order valence-electron chi connectivity index (χ0n) is 12.8. The molecule has 0 unspecified atom stereocenters. The molecule has 24 heavy (non-hydrogen) atoms. The Balaban J connectivity index is 1.51. The highest BCUT2D eigenvalue weighted by Gasteiger charge is 2.12. The molecule has 2 N–H and O–H groups in total. The second-order valence-electron chi connectivity index (χ2n) is 5.07. The molecular weight excluding hydrogens is 364 g/mol. The molecule has 0 aliphatic carbocycles. The van der Waals surface area contributed by atoms with E-state index in [9.17, 15) is 4.79 Å². The summed E-state index contributed by atoms with van der Waals surface area (Å²) in [4.78, 5) is 17.5. The van der Waals surface area contributed by atoms with Crippen molar-refractivity contribution in [1.29, 1.82) is 0 Å². The van der Waals surface area contributed by atoms with Crippen molar-refractivity contribution in [2.24, 2.45) is 0 Å². The summed E-state index contributed by atoms with van der Waals surface area (Å²) >= 11 is 8.77. The molecule has 0 radical (unpaired) electrons. The number of rotatable bonds is 6. The van der Waals surface area contributed by atoms with Crippen LogP contribution in [0.25, 0.3) is 10.7 Å². The second-order valence-corrected chi connectivity index (χ2v) is 7.40. The lowest BCUT2D eigenvalue weighted by atomic mass is 10.1. The van der Waals surface area contributed by atoms with Gasteiger partial charge in [0, 0.05) is 5.02 Å². The highest BCUT2D eigenvalue weighted by atomic mass is 35.5. The van der Waals surface area contributed by atoms with E-state index in [2.05, 4.69) is 20.5 Å². The quantitative estimate of drug-likeness (QED) is 0.632. The van der Waals surface area contributed by atoms with Crippen LogP contribution in [-0.2, 0) is 4.79 Å². The van der Waals surface area contributed by atoms with Crippen molar-refractivity contribution in [2.75, 3.05) is 5.75 Å². The monoisotopic (exact) mass is 378 g/mol. The van der Waals surface area contributed by atoms with Gasteiger partial charge in [0.1, 0.15) is 0 Å². The van der Waals surface area contributed by atoms with E-state index < -0.39 is 0 Å². The van der Waals surface area contributed by atoms with Crippen LogP contribution < -0.4 is 5.32 Å². The lowest BCUT2D eigenvalue weighted by Gasteiger charge is -2.13. The van der Waals surface area contributed by atoms with Crippen LogP contribution >= 0.6 is 34.7 Å². The molecule has 0 saturated heterocycles. The smallest absolute Gasteiger partial charge is 0.230 e. The number of hydrogen-bond donors (Lipinski definition) is 2. The number of thioether (sulfide) groups is 1. The van der Waals surface area contributed by atoms with Crippen LogP contribution in [0.15, 0.2) is 46.9 Å². The van der Waals surface area contributed by atoms with Crippen LogP contribution in [0, 0.1) is 0 Å². The van der Waals surface area contributed by atoms with Gasteiger partial charge in [-0.25, -0.2) is 4.98 Å². The number of carbonyl (C=O) groups excluding carboxylic acids is 1. The average molecular weight is 379 g/mol. The summed E-state index contributed by atoms with van der Waals surface area (Å²) in [7, 11) is 0. The fourth-order valence-electron chi connectivity index (χ4n) is 2.08. The van der Waals surface area contributed by atoms with Gasteiger partial charge in [-0.3, -0.25) is 9.89 Å². The molecule has 0 aliphatic heterocycles. The van der Waals surface area contributed by atoms with Gasteiger partial charge in [-0.15, -0.1) is 16.4 Å². The number of H-pyrrole nitrogens is 1. The van der Waals surface area contributed by atoms with Gasteiger partial charge in [-0.05, 0) is 36.1 Å². The molecule has 124 valence electrons. The number of benzene rings is 1. The molecule has 0 bridgehead atoms. The normalized spacial score (nSPS) is 12.1. The van der Waals surface area contributed by atoms with E-state index in [1.165, 1.54) is 11.8 Å². The number of amides is 1. The van der Waals surface area contributed by atoms with Crippen LogP contribution in [0.4, 0.5) is 0 Å². The Bertz CT molecular complexity index is 802. The van der Waals surface area contributed by atoms with Gasteiger partial charge < -0.3 is 5.32 Å². The molecule has 3 rings (SSSR count). The van der Waals surface area contributed by atoms with E-state index in [0.29, 0.717) is 10.2 Å². The second kappa shape index (κ2) is 7.83. The minimum absolute atomic E-state index is 0.0649. The molecule has 0 fully saturated rings. The Morgan fingerprint density at radius 2 is 2.17 bits per heavy atom. The van der Waals surface area contributed by atoms with Gasteiger partial charge in [0.05, 0.1) is 16.7 Å². The summed E-state index contributed by atoms with van der Waals surface area (Å²) < 4.78 is 0. The van der Waals surface area contributed by atoms with Gasteiger partial charge in [0.25, 0.3) is 0 Å². The van der Waals surface area contributed by atoms with Gasteiger partial charge >= 0.3 is 0 Å². The molecule has 0 spiro atoms. The molecule has 3 aromatic rings. The lowest BCUT2D eigenvalue weighted by Crippen LogP contribution is -2.28. The SMILES string of the molecule is C[C@@H](NC(=O)CSc1n[nH]c(-c2cccs2)n1)c1ccc(Cl)cc1. The van der Waals surface area contributed by atoms with Crippen molar-refractivity contribution in [3.05, 3.63) is 52.4 Å². The molecule has 0 aliphatic rings. The minimum atomic E-state index is -0.0795. The van der Waals surface area contributed by atoms with Gasteiger partial charge in [-0.1, -0.05) is 41.6 Å². The zero-order chi connectivity index (χ0) is 16.9. The number of hydrogen-bond acceptors (Lipinski definition) is 5. The molecular formula is C16H15ClN4OS2. The number of nitrogens with one attached hydrogen (secondary N) is 2. The lowest BCUT2D eigenvalue weighted by molar-refractivity contribution is -0.119. The molecule has 2 heterocycles. The summed E-state index contributed by atoms with van der Waals surface area (Å²) in [6.45, 7) is 1.94. The van der Waals surface area contributed by atoms with Crippen molar-refractivity contribution in [3.63, 3.8) is 0 Å². The van der Waals surface area contributed by atoms with E-state index in [1.54, 1.807) is 11.3 Å². The summed E-state index contributed by atoms with van der Waals surface area (Å²) in [5.41, 5.74) is 1.01. The maximum Gasteiger partial charge on any atom is 0.230 e. The fourth-order valence-corrected chi connectivity index (χ4v) is 3.48. The molecule has 8 heteroatoms. The van der Waals surface area contributed by atoms with E-state index in [0.717, 1.165) is 16.3 Å². The van der Waals surface area contributed by atoms with E-state index in [1.807, 2.05) is 48.7 Å². The summed E-state index contributed by atoms with van der Waals surface area (Å²) in [6, 6.07) is 11.3. The predicted molar refractivity (Wildman–Crippen MR) is 98.4 cm³/mol. The zero-order valence-corrected chi connectivity index (χ0v) is 15.2. The Kier molecular flexibility index (Phi) is 5.55. The Morgan fingerprint density at radius 1 is 1.38 bits per heavy atom. The number of carbonyl (C=O) groups is 1. The first-order valence-corrected chi connectivity index (χ1v) is 9.50. The fraction of sp³-hybridized carbons (Fsp3) is 0.188. The van der Waals surface area contributed by atoms with Crippen LogP contribution in [0.1, 0.15) is 18.5 Å². The minimum Gasteiger partial charge on any atom is -0.349 e. The molecule has 1 amide bonds. The maximum absolute atomic E-state index is 12.1. The van der Waals surface area contributed by atoms with Crippen LogP contribution in [0.3, 0.4) is 0 Å². The van der Waals surface area contributed by atoms with E-state index >= 15 is 0 Å². The summed E-state index contributed by atoms with van der Waals surface area (Å²) in [6.07, 6.45) is 0. The molecule has 2 aromatic heterocycles. The molecule has 1 aromatic carbocycles. The third-order valence-electron chi connectivity index (χ3n) is 3.30. The van der Waals surface area contributed by atoms with Crippen molar-refractivity contribution in [2.45, 2.75) is 18.1 Å². The van der Waals surface area contributed by atoms with Crippen LogP contribution in [-0.4, -0.2) is 26.8 Å². The number of halogens is 1. The Hall–Kier alpha value is -1.83. The first-order valence-electron chi connectivity index (χ1n) is 7.26. The number of nitrogens with zero attached hydrogens (tertiary/aromatic N) is 2. The van der Waals surface area contributed by atoms with E-state index in [4.69, 9.17) is 11.6 Å². The maximum atomic E-state index is 12.1. The molecule has 0 saturated carbocycles. The third-order valence-corrected chi connectivity index (χ3v) is 5.28. The number of aromatic amines is 1. The van der Waals surface area contributed by atoms with Crippen LogP contribution in [0.5, 0.6) is 0 Å². The van der Waals surface area contributed by atoms with Crippen molar-refractivity contribution in [1.82, 2.24) is 20.5 Å². The van der Waals surface area contributed by atoms with Crippen molar-refractivity contribution >= 4 is 40.6 Å². The van der Waals surface area contributed by atoms with Crippen molar-refractivity contribution in [3.8, 4) is 10.7 Å². The van der Waals surface area contributed by atoms with E-state index in [-0.39, 0.29) is 17.7 Å². The van der Waals surface area contributed by atoms with Gasteiger partial charge in [0.2, 0.25) is 11.1 Å². The van der Waals surface area contributed by atoms with Gasteiger partial charge in [-0.2, -0.15) is 0 Å². The van der Waals surface area contributed by atoms with Gasteiger partial charge in [0.15, 0.2) is 5.82 Å². The largest absolute Gasteiger partial charge is 0.349 e. The van der Waals surface area contributed by atoms with Crippen molar-refractivity contribution < 1.29 is 4.79 Å². The first-order chi connectivity index (χ1) is 11.6. The summed E-state index contributed by atoms with van der Waals surface area (Å²) in [5, 5.41) is 13.2. The van der Waals surface area contributed by atoms with Crippen LogP contribution in [0.2, 0.25) is 5.02 Å². The highest BCUT2D eigenvalue weighted by Crippen LogP contribution is 2.23. The number of thiophene rings is 1. The number of aromatic nitrogens is 3. The predicted octanol–water partition coefficient (Wildman–Crippen LogP) is 4.16. The average Bonchev–Trinajstić information content (AvgIpc) is 3.25. The Morgan fingerprint density at radius 3 is 2.88 bits per heavy atom. The highest BCUT2D eigenvalue weighted by molar-refractivity contribution is 7.99. The first kappa shape index (κ1) is 17.0. The topological polar surface area (TPSA) is 70.7 Å². The summed E-state index contributed by atoms with van der Waals surface area (Å²) in [5.74, 6) is 0.923. The molecule has 5 nitrogen and oxygen atoms in total. The molecule has 1 atom stereocenters. The Labute approximate surface area is 152 Å².